The molecule has 1 aliphatic heterocycles. The molecule has 1 aliphatic rings. The summed E-state index contributed by atoms with van der Waals surface area (Å²) in [6.45, 7) is 1.05. The van der Waals surface area contributed by atoms with Crippen LogP contribution in [0.5, 0.6) is 0 Å². The van der Waals surface area contributed by atoms with Gasteiger partial charge in [0.2, 0.25) is 5.91 Å². The summed E-state index contributed by atoms with van der Waals surface area (Å²) >= 11 is 5.97. The van der Waals surface area contributed by atoms with E-state index in [0.717, 1.165) is 5.56 Å². The summed E-state index contributed by atoms with van der Waals surface area (Å²) in [5.74, 6) is -0.334. The van der Waals surface area contributed by atoms with Gasteiger partial charge >= 0.3 is 0 Å². The Balaban J connectivity index is 1.54. The Kier molecular flexibility index (Phi) is 5.19. The number of hydrogen-bond acceptors (Lipinski definition) is 3. The predicted octanol–water partition coefficient (Wildman–Crippen LogP) is 1.55. The molecule has 1 N–H and O–H groups in total. The van der Waals surface area contributed by atoms with Crippen molar-refractivity contribution in [2.24, 2.45) is 0 Å². The van der Waals surface area contributed by atoms with E-state index in [-0.39, 0.29) is 29.8 Å². The Morgan fingerprint density at radius 3 is 2.96 bits per heavy atom. The molecule has 1 fully saturated rings. The highest BCUT2D eigenvalue weighted by atomic mass is 35.5. The van der Waals surface area contributed by atoms with Gasteiger partial charge in [-0.3, -0.25) is 9.59 Å². The van der Waals surface area contributed by atoms with Gasteiger partial charge in [0.05, 0.1) is 6.04 Å². The van der Waals surface area contributed by atoms with Gasteiger partial charge in [0.1, 0.15) is 5.56 Å². The van der Waals surface area contributed by atoms with Crippen LogP contribution in [0.4, 0.5) is 0 Å². The van der Waals surface area contributed by atoms with Gasteiger partial charge in [-0.05, 0) is 30.2 Å². The first-order valence-corrected chi connectivity index (χ1v) is 8.41. The van der Waals surface area contributed by atoms with Crippen LogP contribution in [-0.2, 0) is 11.2 Å². The Morgan fingerprint density at radius 1 is 1.36 bits per heavy atom. The molecule has 2 amide bonds. The summed E-state index contributed by atoms with van der Waals surface area (Å²) in [7, 11) is 0. The second-order valence-corrected chi connectivity index (χ2v) is 6.48. The van der Waals surface area contributed by atoms with Gasteiger partial charge in [0.25, 0.3) is 5.91 Å². The van der Waals surface area contributed by atoms with Crippen LogP contribution in [0.15, 0.2) is 48.8 Å². The maximum absolute atomic E-state index is 12.2. The highest BCUT2D eigenvalue weighted by Crippen LogP contribution is 2.15. The van der Waals surface area contributed by atoms with E-state index in [1.807, 2.05) is 24.3 Å². The van der Waals surface area contributed by atoms with Crippen LogP contribution in [0.2, 0.25) is 5.02 Å². The number of carbonyl (C=O) groups is 2. The van der Waals surface area contributed by atoms with E-state index in [2.05, 4.69) is 5.32 Å². The van der Waals surface area contributed by atoms with E-state index in [1.165, 1.54) is 18.5 Å². The van der Waals surface area contributed by atoms with Crippen molar-refractivity contribution in [1.29, 1.82) is 0 Å². The van der Waals surface area contributed by atoms with Crippen molar-refractivity contribution in [3.8, 4) is 0 Å². The second kappa shape index (κ2) is 7.53. The SMILES string of the molecule is O=C(NC1CC(=O)N(CCc2cccc(Cl)c2)C1)c1ccc[n+]([O-])c1. The molecule has 1 unspecified atom stereocenters. The molecule has 6 nitrogen and oxygen atoms in total. The zero-order valence-corrected chi connectivity index (χ0v) is 14.3. The van der Waals surface area contributed by atoms with E-state index < -0.39 is 0 Å². The first kappa shape index (κ1) is 17.2. The van der Waals surface area contributed by atoms with Gasteiger partial charge in [0.15, 0.2) is 12.4 Å². The van der Waals surface area contributed by atoms with Crippen molar-refractivity contribution >= 4 is 23.4 Å². The van der Waals surface area contributed by atoms with Crippen LogP contribution >= 0.6 is 11.6 Å². The zero-order valence-electron chi connectivity index (χ0n) is 13.5. The average Bonchev–Trinajstić information content (AvgIpc) is 2.92. The molecule has 2 aromatic rings. The van der Waals surface area contributed by atoms with Crippen molar-refractivity contribution in [3.05, 3.63) is 70.1 Å². The number of halogens is 1. The molecule has 3 rings (SSSR count). The van der Waals surface area contributed by atoms with E-state index in [1.54, 1.807) is 11.0 Å². The maximum Gasteiger partial charge on any atom is 0.257 e. The summed E-state index contributed by atoms with van der Waals surface area (Å²) in [5.41, 5.74) is 1.35. The van der Waals surface area contributed by atoms with Crippen molar-refractivity contribution in [2.45, 2.75) is 18.9 Å². The Bertz CT molecular complexity index is 797. The van der Waals surface area contributed by atoms with Gasteiger partial charge < -0.3 is 15.4 Å². The fraction of sp³-hybridized carbons (Fsp3) is 0.278. The van der Waals surface area contributed by atoms with Crippen LogP contribution in [0.3, 0.4) is 0 Å². The number of pyridine rings is 1. The van der Waals surface area contributed by atoms with E-state index in [0.29, 0.717) is 29.3 Å². The fourth-order valence-corrected chi connectivity index (χ4v) is 3.11. The average molecular weight is 360 g/mol. The van der Waals surface area contributed by atoms with Crippen molar-refractivity contribution < 1.29 is 14.3 Å². The highest BCUT2D eigenvalue weighted by Gasteiger charge is 2.30. The summed E-state index contributed by atoms with van der Waals surface area (Å²) in [5, 5.41) is 14.7. The molecule has 0 bridgehead atoms. The zero-order chi connectivity index (χ0) is 17.8. The summed E-state index contributed by atoms with van der Waals surface area (Å²) in [6.07, 6.45) is 3.50. The molecule has 1 aromatic carbocycles. The van der Waals surface area contributed by atoms with Crippen LogP contribution in [-0.4, -0.2) is 35.8 Å². The number of benzene rings is 1. The monoisotopic (exact) mass is 359 g/mol. The molecule has 7 heteroatoms. The molecule has 1 atom stereocenters. The van der Waals surface area contributed by atoms with Crippen LogP contribution in [0.1, 0.15) is 22.3 Å². The third-order valence-electron chi connectivity index (χ3n) is 4.15. The number of carbonyl (C=O) groups excluding carboxylic acids is 2. The standard InChI is InChI=1S/C18H18ClN3O3/c19-15-5-1-3-13(9-15)6-8-21-12-16(10-17(21)23)20-18(24)14-4-2-7-22(25)11-14/h1-5,7,9,11,16H,6,8,10,12H2,(H,20,24). The number of nitrogens with one attached hydrogen (secondary N) is 1. The van der Waals surface area contributed by atoms with E-state index in [4.69, 9.17) is 11.6 Å². The lowest BCUT2D eigenvalue weighted by Crippen LogP contribution is -2.38. The number of likely N-dealkylation sites (tertiary alicyclic amines) is 1. The number of nitrogens with zero attached hydrogens (tertiary/aromatic N) is 2. The molecular weight excluding hydrogens is 342 g/mol. The minimum atomic E-state index is -0.348. The lowest BCUT2D eigenvalue weighted by atomic mass is 10.1. The van der Waals surface area contributed by atoms with Gasteiger partial charge in [0, 0.05) is 30.6 Å². The normalized spacial score (nSPS) is 16.9. The molecule has 0 radical (unpaired) electrons. The Morgan fingerprint density at radius 2 is 2.20 bits per heavy atom. The van der Waals surface area contributed by atoms with Crippen LogP contribution in [0.25, 0.3) is 0 Å². The third-order valence-corrected chi connectivity index (χ3v) is 4.38. The first-order chi connectivity index (χ1) is 12.0. The minimum absolute atomic E-state index is 0.0132. The molecule has 1 aromatic heterocycles. The van der Waals surface area contributed by atoms with Gasteiger partial charge in [-0.15, -0.1) is 0 Å². The lowest BCUT2D eigenvalue weighted by Gasteiger charge is -2.17. The van der Waals surface area contributed by atoms with Gasteiger partial charge in [-0.25, -0.2) is 0 Å². The molecule has 0 saturated carbocycles. The van der Waals surface area contributed by atoms with E-state index >= 15 is 0 Å². The quantitative estimate of drug-likeness (QED) is 0.650. The van der Waals surface area contributed by atoms with Crippen molar-refractivity contribution in [2.75, 3.05) is 13.1 Å². The second-order valence-electron chi connectivity index (χ2n) is 6.05. The Labute approximate surface area is 150 Å². The number of hydrogen-bond donors (Lipinski definition) is 1. The smallest absolute Gasteiger partial charge is 0.257 e. The molecule has 2 heterocycles. The summed E-state index contributed by atoms with van der Waals surface area (Å²) < 4.78 is 0.575. The largest absolute Gasteiger partial charge is 0.619 e. The molecular formula is C18H18ClN3O3. The number of amides is 2. The predicted molar refractivity (Wildman–Crippen MR) is 93.0 cm³/mol. The third kappa shape index (κ3) is 4.48. The molecule has 25 heavy (non-hydrogen) atoms. The summed E-state index contributed by atoms with van der Waals surface area (Å²) in [4.78, 5) is 26.1. The maximum atomic E-state index is 12.2. The first-order valence-electron chi connectivity index (χ1n) is 8.03. The molecule has 130 valence electrons. The molecule has 0 spiro atoms. The highest BCUT2D eigenvalue weighted by molar-refractivity contribution is 6.30. The summed E-state index contributed by atoms with van der Waals surface area (Å²) in [6, 6.07) is 10.4. The van der Waals surface area contributed by atoms with Crippen LogP contribution in [0, 0.1) is 5.21 Å². The van der Waals surface area contributed by atoms with Gasteiger partial charge in [-0.2, -0.15) is 4.73 Å². The van der Waals surface area contributed by atoms with Gasteiger partial charge in [-0.1, -0.05) is 23.7 Å². The van der Waals surface area contributed by atoms with Crippen LogP contribution < -0.4 is 10.0 Å². The van der Waals surface area contributed by atoms with Crippen molar-refractivity contribution in [3.63, 3.8) is 0 Å². The molecule has 0 aliphatic carbocycles. The Hall–Kier alpha value is -2.60. The number of aromatic nitrogens is 1. The van der Waals surface area contributed by atoms with Crippen molar-refractivity contribution in [1.82, 2.24) is 10.2 Å². The minimum Gasteiger partial charge on any atom is -0.619 e. The fourth-order valence-electron chi connectivity index (χ4n) is 2.90. The molecule has 1 saturated heterocycles. The lowest BCUT2D eigenvalue weighted by molar-refractivity contribution is -0.605. The number of rotatable bonds is 5. The van der Waals surface area contributed by atoms with E-state index in [9.17, 15) is 14.8 Å². The topological polar surface area (TPSA) is 76.4 Å².